The molecule has 1 aliphatic carbocycles. The van der Waals surface area contributed by atoms with E-state index in [0.29, 0.717) is 0 Å². The molecule has 0 bridgehead atoms. The van der Waals surface area contributed by atoms with E-state index >= 15 is 0 Å². The SMILES string of the molecule is CC1(C)c2ccccc2-c2ccc(N(c3ccc(-c4ccccc4)cc3)c3cccc4oc5c(-c6ccc(-c7ccccc7)cc6)cc6ccccc6c5c34)cc21. The Kier molecular flexibility index (Phi) is 7.55. The Hall–Kier alpha value is -7.16. The average Bonchev–Trinajstić information content (AvgIpc) is 3.78. The Labute approximate surface area is 332 Å². The predicted octanol–water partition coefficient (Wildman–Crippen LogP) is 15.5. The van der Waals surface area contributed by atoms with E-state index in [2.05, 4.69) is 219 Å². The first-order chi connectivity index (χ1) is 28.0. The van der Waals surface area contributed by atoms with Crippen LogP contribution in [-0.4, -0.2) is 0 Å². The van der Waals surface area contributed by atoms with Crippen LogP contribution in [0.25, 0.3) is 77.2 Å². The van der Waals surface area contributed by atoms with Gasteiger partial charge >= 0.3 is 0 Å². The number of hydrogen-bond donors (Lipinski definition) is 0. The Bertz CT molecular complexity index is 3120. The van der Waals surface area contributed by atoms with Crippen LogP contribution in [-0.2, 0) is 5.41 Å². The Morgan fingerprint density at radius 1 is 0.404 bits per heavy atom. The number of nitrogens with zero attached hydrogens (tertiary/aromatic N) is 1. The Morgan fingerprint density at radius 3 is 1.72 bits per heavy atom. The van der Waals surface area contributed by atoms with Gasteiger partial charge in [-0.3, -0.25) is 0 Å². The fourth-order valence-corrected chi connectivity index (χ4v) is 9.21. The molecule has 0 saturated carbocycles. The molecule has 1 aliphatic rings. The van der Waals surface area contributed by atoms with Gasteiger partial charge in [-0.1, -0.05) is 172 Å². The van der Waals surface area contributed by atoms with Crippen molar-refractivity contribution < 1.29 is 4.42 Å². The first-order valence-electron chi connectivity index (χ1n) is 19.8. The second-order valence-corrected chi connectivity index (χ2v) is 15.7. The van der Waals surface area contributed by atoms with Gasteiger partial charge in [0.25, 0.3) is 0 Å². The summed E-state index contributed by atoms with van der Waals surface area (Å²) in [5, 5.41) is 4.58. The van der Waals surface area contributed by atoms with Crippen molar-refractivity contribution in [1.29, 1.82) is 0 Å². The van der Waals surface area contributed by atoms with Gasteiger partial charge in [0.1, 0.15) is 11.2 Å². The lowest BCUT2D eigenvalue weighted by molar-refractivity contribution is 0.660. The number of benzene rings is 9. The zero-order chi connectivity index (χ0) is 38.1. The first-order valence-corrected chi connectivity index (χ1v) is 19.8. The van der Waals surface area contributed by atoms with Crippen LogP contribution in [0.2, 0.25) is 0 Å². The van der Waals surface area contributed by atoms with E-state index in [0.717, 1.165) is 50.1 Å². The lowest BCUT2D eigenvalue weighted by Crippen LogP contribution is -2.16. The van der Waals surface area contributed by atoms with Gasteiger partial charge in [-0.15, -0.1) is 0 Å². The minimum Gasteiger partial charge on any atom is -0.455 e. The summed E-state index contributed by atoms with van der Waals surface area (Å²) < 4.78 is 7.02. The van der Waals surface area contributed by atoms with E-state index < -0.39 is 0 Å². The summed E-state index contributed by atoms with van der Waals surface area (Å²) in [7, 11) is 0. The van der Waals surface area contributed by atoms with Gasteiger partial charge in [0.15, 0.2) is 0 Å². The fourth-order valence-electron chi connectivity index (χ4n) is 9.21. The fraction of sp³-hybridized carbons (Fsp3) is 0.0545. The average molecular weight is 730 g/mol. The van der Waals surface area contributed by atoms with Crippen LogP contribution in [0.5, 0.6) is 0 Å². The van der Waals surface area contributed by atoms with Crippen molar-refractivity contribution in [1.82, 2.24) is 0 Å². The maximum atomic E-state index is 7.02. The van der Waals surface area contributed by atoms with E-state index in [9.17, 15) is 0 Å². The van der Waals surface area contributed by atoms with Gasteiger partial charge in [-0.25, -0.2) is 0 Å². The summed E-state index contributed by atoms with van der Waals surface area (Å²) in [6, 6.07) is 72.5. The highest BCUT2D eigenvalue weighted by Gasteiger charge is 2.36. The molecule has 10 aromatic rings. The molecule has 1 aromatic heterocycles. The smallest absolute Gasteiger partial charge is 0.143 e. The van der Waals surface area contributed by atoms with E-state index in [4.69, 9.17) is 4.42 Å². The van der Waals surface area contributed by atoms with E-state index in [-0.39, 0.29) is 5.41 Å². The molecular weight excluding hydrogens is 691 g/mol. The van der Waals surface area contributed by atoms with Crippen molar-refractivity contribution in [3.8, 4) is 44.5 Å². The summed E-state index contributed by atoms with van der Waals surface area (Å²) in [4.78, 5) is 2.43. The minimum absolute atomic E-state index is 0.139. The second-order valence-electron chi connectivity index (χ2n) is 15.7. The van der Waals surface area contributed by atoms with Crippen molar-refractivity contribution in [2.75, 3.05) is 4.90 Å². The molecule has 0 fully saturated rings. The lowest BCUT2D eigenvalue weighted by atomic mass is 9.82. The van der Waals surface area contributed by atoms with Crippen LogP contribution in [0.4, 0.5) is 17.1 Å². The molecule has 2 nitrogen and oxygen atoms in total. The van der Waals surface area contributed by atoms with Crippen LogP contribution in [0.15, 0.2) is 205 Å². The zero-order valence-corrected chi connectivity index (χ0v) is 31.9. The van der Waals surface area contributed by atoms with Crippen molar-refractivity contribution in [3.05, 3.63) is 211 Å². The van der Waals surface area contributed by atoms with Gasteiger partial charge < -0.3 is 9.32 Å². The van der Waals surface area contributed by atoms with Gasteiger partial charge in [-0.2, -0.15) is 0 Å². The maximum Gasteiger partial charge on any atom is 0.143 e. The number of fused-ring (bicyclic) bond motifs is 8. The highest BCUT2D eigenvalue weighted by molar-refractivity contribution is 6.26. The predicted molar refractivity (Wildman–Crippen MR) is 240 cm³/mol. The molecule has 11 rings (SSSR count). The standard InChI is InChI=1S/C55H39NO/c1-55(2)48-21-12-11-20-45(48)46-33-32-43(35-49(46)55)56(42-30-28-39(29-31-42)37-16-7-4-8-17-37)50-22-13-23-51-53(50)52-44-19-10-9-18-41(44)34-47(54(52)57-51)40-26-24-38(25-27-40)36-14-5-3-6-15-36/h3-35H,1-2H3. The molecule has 0 spiro atoms. The highest BCUT2D eigenvalue weighted by Crippen LogP contribution is 2.52. The monoisotopic (exact) mass is 729 g/mol. The van der Waals surface area contributed by atoms with Gasteiger partial charge in [0.2, 0.25) is 0 Å². The molecule has 9 aromatic carbocycles. The quantitative estimate of drug-likeness (QED) is 0.169. The Morgan fingerprint density at radius 2 is 0.982 bits per heavy atom. The highest BCUT2D eigenvalue weighted by atomic mass is 16.3. The van der Waals surface area contributed by atoms with Crippen LogP contribution in [0.1, 0.15) is 25.0 Å². The van der Waals surface area contributed by atoms with E-state index in [1.165, 1.54) is 55.3 Å². The first kappa shape index (κ1) is 33.2. The lowest BCUT2D eigenvalue weighted by Gasteiger charge is -2.29. The third-order valence-corrected chi connectivity index (χ3v) is 12.1. The van der Waals surface area contributed by atoms with Gasteiger partial charge in [0.05, 0.1) is 11.1 Å². The van der Waals surface area contributed by atoms with Crippen LogP contribution in [0.3, 0.4) is 0 Å². The number of anilines is 3. The van der Waals surface area contributed by atoms with Crippen molar-refractivity contribution >= 4 is 49.8 Å². The van der Waals surface area contributed by atoms with Crippen molar-refractivity contribution in [2.45, 2.75) is 19.3 Å². The van der Waals surface area contributed by atoms with E-state index in [1.54, 1.807) is 0 Å². The second kappa shape index (κ2) is 13.0. The third kappa shape index (κ3) is 5.33. The van der Waals surface area contributed by atoms with Gasteiger partial charge in [0, 0.05) is 27.7 Å². The van der Waals surface area contributed by atoms with Gasteiger partial charge in [-0.05, 0) is 103 Å². The molecule has 0 saturated heterocycles. The molecule has 0 radical (unpaired) electrons. The number of rotatable bonds is 6. The number of furan rings is 1. The summed E-state index contributed by atoms with van der Waals surface area (Å²) in [6.45, 7) is 4.70. The molecule has 0 N–H and O–H groups in total. The van der Waals surface area contributed by atoms with E-state index in [1.807, 2.05) is 0 Å². The molecule has 0 amide bonds. The Balaban J connectivity index is 1.15. The molecular formula is C55H39NO. The molecule has 0 unspecified atom stereocenters. The zero-order valence-electron chi connectivity index (χ0n) is 31.9. The van der Waals surface area contributed by atoms with Crippen LogP contribution < -0.4 is 4.90 Å². The molecule has 270 valence electrons. The largest absolute Gasteiger partial charge is 0.455 e. The molecule has 2 heteroatoms. The third-order valence-electron chi connectivity index (χ3n) is 12.1. The molecule has 57 heavy (non-hydrogen) atoms. The van der Waals surface area contributed by atoms with Crippen molar-refractivity contribution in [2.24, 2.45) is 0 Å². The minimum atomic E-state index is -0.139. The summed E-state index contributed by atoms with van der Waals surface area (Å²) in [6.07, 6.45) is 0. The number of hydrogen-bond acceptors (Lipinski definition) is 2. The molecule has 1 heterocycles. The molecule has 0 aliphatic heterocycles. The summed E-state index contributed by atoms with van der Waals surface area (Å²) in [5.41, 5.74) is 17.2. The normalized spacial score (nSPS) is 12.9. The summed E-state index contributed by atoms with van der Waals surface area (Å²) in [5.74, 6) is 0. The molecule has 0 atom stereocenters. The maximum absolute atomic E-state index is 7.02. The topological polar surface area (TPSA) is 16.4 Å². The summed E-state index contributed by atoms with van der Waals surface area (Å²) >= 11 is 0. The van der Waals surface area contributed by atoms with Crippen LogP contribution >= 0.6 is 0 Å². The van der Waals surface area contributed by atoms with Crippen LogP contribution in [0, 0.1) is 0 Å². The van der Waals surface area contributed by atoms with Crippen molar-refractivity contribution in [3.63, 3.8) is 0 Å².